The summed E-state index contributed by atoms with van der Waals surface area (Å²) < 4.78 is 7.70. The molecule has 2 aromatic heterocycles. The van der Waals surface area contributed by atoms with Gasteiger partial charge in [-0.3, -0.25) is 4.90 Å². The maximum atomic E-state index is 5.50. The van der Waals surface area contributed by atoms with E-state index in [1.807, 2.05) is 12.1 Å². The molecule has 0 bridgehead atoms. The zero-order valence-corrected chi connectivity index (χ0v) is 14.1. The van der Waals surface area contributed by atoms with E-state index in [-0.39, 0.29) is 0 Å². The second-order valence-corrected chi connectivity index (χ2v) is 6.55. The van der Waals surface area contributed by atoms with Crippen LogP contribution in [-0.2, 0) is 13.6 Å². The fourth-order valence-electron chi connectivity index (χ4n) is 3.48. The Morgan fingerprint density at radius 1 is 1.21 bits per heavy atom. The lowest BCUT2D eigenvalue weighted by molar-refractivity contribution is 0.207. The molecule has 3 aromatic rings. The fourth-order valence-corrected chi connectivity index (χ4v) is 3.48. The number of rotatable bonds is 4. The number of hydrogen-bond acceptors (Lipinski definition) is 4. The van der Waals surface area contributed by atoms with Crippen molar-refractivity contribution in [1.82, 2.24) is 19.6 Å². The molecule has 0 unspecified atom stereocenters. The smallest absolute Gasteiger partial charge is 0.241 e. The molecule has 1 saturated heterocycles. The molecule has 3 heterocycles. The van der Waals surface area contributed by atoms with Crippen molar-refractivity contribution in [2.45, 2.75) is 32.4 Å². The first-order valence-corrected chi connectivity index (χ1v) is 8.45. The monoisotopic (exact) mass is 322 g/mol. The minimum Gasteiger partial charge on any atom is -0.353 e. The first-order valence-electron chi connectivity index (χ1n) is 8.45. The standard InChI is InChI=1S/C19H22N4O/c1-14-7-9-15(10-8-14)19-20-18(24-21-19)13-23-12-4-6-17(23)16-5-3-11-22(16)2/h3,5,7-11,17H,4,6,12-13H2,1-2H3/t17-/m1/s1. The Kier molecular flexibility index (Phi) is 3.94. The molecule has 0 amide bonds. The van der Waals surface area contributed by atoms with Gasteiger partial charge in [0, 0.05) is 24.5 Å². The predicted molar refractivity (Wildman–Crippen MR) is 92.3 cm³/mol. The van der Waals surface area contributed by atoms with Gasteiger partial charge in [0.25, 0.3) is 0 Å². The van der Waals surface area contributed by atoms with Crippen molar-refractivity contribution < 1.29 is 4.52 Å². The normalized spacial score (nSPS) is 18.3. The van der Waals surface area contributed by atoms with Crippen molar-refractivity contribution in [3.8, 4) is 11.4 Å². The molecule has 1 fully saturated rings. The van der Waals surface area contributed by atoms with E-state index in [2.05, 4.69) is 64.0 Å². The highest BCUT2D eigenvalue weighted by Crippen LogP contribution is 2.33. The first kappa shape index (κ1) is 15.1. The maximum Gasteiger partial charge on any atom is 0.241 e. The van der Waals surface area contributed by atoms with Crippen molar-refractivity contribution in [3.05, 3.63) is 59.7 Å². The Morgan fingerprint density at radius 2 is 2.04 bits per heavy atom. The third-order valence-corrected chi connectivity index (χ3v) is 4.81. The zero-order chi connectivity index (χ0) is 16.5. The van der Waals surface area contributed by atoms with E-state index >= 15 is 0 Å². The SMILES string of the molecule is Cc1ccc(-c2noc(CN3CCC[C@@H]3c3cccn3C)n2)cc1. The van der Waals surface area contributed by atoms with Crippen LogP contribution in [0.2, 0.25) is 0 Å². The minimum atomic E-state index is 0.430. The number of hydrogen-bond donors (Lipinski definition) is 0. The average Bonchev–Trinajstić information content (AvgIpc) is 3.30. The van der Waals surface area contributed by atoms with Gasteiger partial charge < -0.3 is 9.09 Å². The van der Waals surface area contributed by atoms with E-state index in [4.69, 9.17) is 4.52 Å². The highest BCUT2D eigenvalue weighted by molar-refractivity contribution is 5.54. The second kappa shape index (κ2) is 6.24. The molecule has 0 spiro atoms. The molecule has 1 atom stereocenters. The van der Waals surface area contributed by atoms with E-state index in [1.54, 1.807) is 0 Å². The number of nitrogens with zero attached hydrogens (tertiary/aromatic N) is 4. The van der Waals surface area contributed by atoms with Gasteiger partial charge in [-0.25, -0.2) is 0 Å². The van der Waals surface area contributed by atoms with Gasteiger partial charge in [-0.15, -0.1) is 0 Å². The molecular formula is C19H22N4O. The van der Waals surface area contributed by atoms with Crippen LogP contribution < -0.4 is 0 Å². The van der Waals surface area contributed by atoms with Crippen molar-refractivity contribution in [2.24, 2.45) is 7.05 Å². The Morgan fingerprint density at radius 3 is 2.79 bits per heavy atom. The Balaban J connectivity index is 1.51. The maximum absolute atomic E-state index is 5.50. The summed E-state index contributed by atoms with van der Waals surface area (Å²) in [4.78, 5) is 7.02. The van der Waals surface area contributed by atoms with Gasteiger partial charge in [0.05, 0.1) is 12.6 Å². The van der Waals surface area contributed by atoms with E-state index in [1.165, 1.54) is 24.1 Å². The number of likely N-dealkylation sites (tertiary alicyclic amines) is 1. The molecule has 1 aliphatic heterocycles. The van der Waals surface area contributed by atoms with Crippen molar-refractivity contribution in [2.75, 3.05) is 6.54 Å². The van der Waals surface area contributed by atoms with Gasteiger partial charge in [0.15, 0.2) is 0 Å². The highest BCUT2D eigenvalue weighted by atomic mass is 16.5. The minimum absolute atomic E-state index is 0.430. The number of benzene rings is 1. The van der Waals surface area contributed by atoms with Crippen LogP contribution in [0.15, 0.2) is 47.1 Å². The lowest BCUT2D eigenvalue weighted by Crippen LogP contribution is -2.24. The van der Waals surface area contributed by atoms with E-state index in [9.17, 15) is 0 Å². The van der Waals surface area contributed by atoms with E-state index in [0.29, 0.717) is 24.3 Å². The van der Waals surface area contributed by atoms with Gasteiger partial charge in [-0.1, -0.05) is 35.0 Å². The fraction of sp³-hybridized carbons (Fsp3) is 0.368. The van der Waals surface area contributed by atoms with Crippen LogP contribution in [0.25, 0.3) is 11.4 Å². The van der Waals surface area contributed by atoms with Crippen LogP contribution >= 0.6 is 0 Å². The van der Waals surface area contributed by atoms with Crippen LogP contribution in [0.3, 0.4) is 0 Å². The van der Waals surface area contributed by atoms with E-state index < -0.39 is 0 Å². The van der Waals surface area contributed by atoms with Crippen LogP contribution in [0.1, 0.15) is 36.0 Å². The lowest BCUT2D eigenvalue weighted by Gasteiger charge is -2.23. The van der Waals surface area contributed by atoms with E-state index in [0.717, 1.165) is 12.1 Å². The first-order chi connectivity index (χ1) is 11.7. The summed E-state index contributed by atoms with van der Waals surface area (Å²) in [6.07, 6.45) is 4.49. The topological polar surface area (TPSA) is 47.1 Å². The zero-order valence-electron chi connectivity index (χ0n) is 14.1. The molecule has 5 nitrogen and oxygen atoms in total. The van der Waals surface area contributed by atoms with Gasteiger partial charge in [-0.05, 0) is 38.4 Å². The van der Waals surface area contributed by atoms with Gasteiger partial charge >= 0.3 is 0 Å². The summed E-state index contributed by atoms with van der Waals surface area (Å²) >= 11 is 0. The van der Waals surface area contributed by atoms with Crippen molar-refractivity contribution >= 4 is 0 Å². The molecule has 0 saturated carbocycles. The second-order valence-electron chi connectivity index (χ2n) is 6.55. The molecule has 1 aromatic carbocycles. The van der Waals surface area contributed by atoms with Crippen molar-refractivity contribution in [3.63, 3.8) is 0 Å². The quantitative estimate of drug-likeness (QED) is 0.734. The summed E-state index contributed by atoms with van der Waals surface area (Å²) in [6.45, 7) is 3.84. The molecule has 0 radical (unpaired) electrons. The summed E-state index contributed by atoms with van der Waals surface area (Å²) in [5.41, 5.74) is 3.58. The summed E-state index contributed by atoms with van der Waals surface area (Å²) in [6, 6.07) is 12.9. The molecule has 0 aliphatic carbocycles. The number of aryl methyl sites for hydroxylation is 2. The molecule has 4 rings (SSSR count). The lowest BCUT2D eigenvalue weighted by atomic mass is 10.1. The average molecular weight is 322 g/mol. The molecule has 1 aliphatic rings. The number of aromatic nitrogens is 3. The van der Waals surface area contributed by atoms with Crippen LogP contribution in [0.5, 0.6) is 0 Å². The van der Waals surface area contributed by atoms with Crippen molar-refractivity contribution in [1.29, 1.82) is 0 Å². The Labute approximate surface area is 141 Å². The molecule has 124 valence electrons. The third-order valence-electron chi connectivity index (χ3n) is 4.81. The molecule has 24 heavy (non-hydrogen) atoms. The molecule has 0 N–H and O–H groups in total. The largest absolute Gasteiger partial charge is 0.353 e. The van der Waals surface area contributed by atoms with Gasteiger partial charge in [-0.2, -0.15) is 4.98 Å². The Hall–Kier alpha value is -2.40. The van der Waals surface area contributed by atoms with Crippen LogP contribution in [0.4, 0.5) is 0 Å². The van der Waals surface area contributed by atoms with Gasteiger partial charge in [0.1, 0.15) is 0 Å². The predicted octanol–water partition coefficient (Wildman–Crippen LogP) is 3.72. The van der Waals surface area contributed by atoms with Crippen LogP contribution in [0, 0.1) is 6.92 Å². The third kappa shape index (κ3) is 2.87. The Bertz CT molecular complexity index is 818. The highest BCUT2D eigenvalue weighted by Gasteiger charge is 2.29. The van der Waals surface area contributed by atoms with Gasteiger partial charge in [0.2, 0.25) is 11.7 Å². The summed E-state index contributed by atoms with van der Waals surface area (Å²) in [5.74, 6) is 1.35. The molecule has 5 heteroatoms. The summed E-state index contributed by atoms with van der Waals surface area (Å²) in [5, 5.41) is 4.15. The van der Waals surface area contributed by atoms with Crippen LogP contribution in [-0.4, -0.2) is 26.2 Å². The molecular weight excluding hydrogens is 300 g/mol. The summed E-state index contributed by atoms with van der Waals surface area (Å²) in [7, 11) is 2.11.